The van der Waals surface area contributed by atoms with Crippen molar-refractivity contribution in [2.45, 2.75) is 53.2 Å². The van der Waals surface area contributed by atoms with E-state index >= 15 is 0 Å². The standard InChI is InChI=1S/C12H23NO2/c1-7(2)8(3)11(15)13-9-6-10(14)12(9,4)5/h7-10,14H,6H2,1-5H3,(H,13,15). The van der Waals surface area contributed by atoms with Crippen LogP contribution >= 0.6 is 0 Å². The van der Waals surface area contributed by atoms with Crippen LogP contribution in [0.15, 0.2) is 0 Å². The van der Waals surface area contributed by atoms with Crippen molar-refractivity contribution in [1.82, 2.24) is 5.32 Å². The first-order valence-corrected chi connectivity index (χ1v) is 5.75. The van der Waals surface area contributed by atoms with Crippen molar-refractivity contribution in [3.63, 3.8) is 0 Å². The summed E-state index contributed by atoms with van der Waals surface area (Å²) < 4.78 is 0. The lowest BCUT2D eigenvalue weighted by molar-refractivity contribution is -0.133. The smallest absolute Gasteiger partial charge is 0.223 e. The number of nitrogens with one attached hydrogen (secondary N) is 1. The Balaban J connectivity index is 2.47. The Morgan fingerprint density at radius 1 is 1.40 bits per heavy atom. The SMILES string of the molecule is CC(C)C(C)C(=O)NC1CC(O)C1(C)C. The second-order valence-electron chi connectivity index (χ2n) is 5.67. The van der Waals surface area contributed by atoms with E-state index < -0.39 is 0 Å². The molecule has 1 aliphatic rings. The number of hydrogen-bond acceptors (Lipinski definition) is 2. The molecule has 0 aromatic heterocycles. The second kappa shape index (κ2) is 4.12. The van der Waals surface area contributed by atoms with E-state index in [9.17, 15) is 9.90 Å². The minimum atomic E-state index is -0.280. The molecule has 0 aromatic rings. The molecule has 1 aliphatic carbocycles. The van der Waals surface area contributed by atoms with Gasteiger partial charge in [-0.1, -0.05) is 34.6 Å². The summed E-state index contributed by atoms with van der Waals surface area (Å²) in [6.07, 6.45) is 0.404. The zero-order valence-electron chi connectivity index (χ0n) is 10.4. The highest BCUT2D eigenvalue weighted by Crippen LogP contribution is 2.40. The Morgan fingerprint density at radius 2 is 1.93 bits per heavy atom. The van der Waals surface area contributed by atoms with Crippen LogP contribution < -0.4 is 5.32 Å². The maximum atomic E-state index is 11.8. The summed E-state index contributed by atoms with van der Waals surface area (Å²) in [5.74, 6) is 0.506. The molecule has 1 fully saturated rings. The van der Waals surface area contributed by atoms with Crippen molar-refractivity contribution in [3.8, 4) is 0 Å². The van der Waals surface area contributed by atoms with Crippen LogP contribution in [0.4, 0.5) is 0 Å². The average Bonchev–Trinajstić information content (AvgIpc) is 2.15. The van der Waals surface area contributed by atoms with Crippen LogP contribution in [0, 0.1) is 17.3 Å². The van der Waals surface area contributed by atoms with Gasteiger partial charge in [-0.05, 0) is 12.3 Å². The molecule has 1 amide bonds. The van der Waals surface area contributed by atoms with Crippen LogP contribution in [0.2, 0.25) is 0 Å². The van der Waals surface area contributed by atoms with Gasteiger partial charge in [0, 0.05) is 17.4 Å². The number of rotatable bonds is 3. The third kappa shape index (κ3) is 2.33. The lowest BCUT2D eigenvalue weighted by Crippen LogP contribution is -2.61. The fourth-order valence-electron chi connectivity index (χ4n) is 1.75. The number of aliphatic hydroxyl groups is 1. The quantitative estimate of drug-likeness (QED) is 0.747. The van der Waals surface area contributed by atoms with Gasteiger partial charge in [0.05, 0.1) is 6.10 Å². The molecule has 0 aromatic carbocycles. The van der Waals surface area contributed by atoms with E-state index in [1.54, 1.807) is 0 Å². The number of carbonyl (C=O) groups excluding carboxylic acids is 1. The van der Waals surface area contributed by atoms with E-state index in [0.29, 0.717) is 12.3 Å². The highest BCUT2D eigenvalue weighted by molar-refractivity contribution is 5.79. The van der Waals surface area contributed by atoms with E-state index in [0.717, 1.165) is 0 Å². The van der Waals surface area contributed by atoms with Gasteiger partial charge in [0.2, 0.25) is 5.91 Å². The molecule has 0 spiro atoms. The maximum Gasteiger partial charge on any atom is 0.223 e. The minimum absolute atomic E-state index is 0.0403. The van der Waals surface area contributed by atoms with Crippen molar-refractivity contribution in [1.29, 1.82) is 0 Å². The molecule has 3 atom stereocenters. The third-order valence-electron chi connectivity index (χ3n) is 3.95. The molecule has 3 heteroatoms. The molecule has 3 nitrogen and oxygen atoms in total. The predicted molar refractivity (Wildman–Crippen MR) is 60.3 cm³/mol. The van der Waals surface area contributed by atoms with E-state index in [-0.39, 0.29) is 29.4 Å². The molecule has 0 aliphatic heterocycles. The highest BCUT2D eigenvalue weighted by atomic mass is 16.3. The Labute approximate surface area is 92.3 Å². The molecule has 88 valence electrons. The van der Waals surface area contributed by atoms with Crippen molar-refractivity contribution >= 4 is 5.91 Å². The first kappa shape index (κ1) is 12.5. The highest BCUT2D eigenvalue weighted by Gasteiger charge is 2.48. The zero-order valence-corrected chi connectivity index (χ0v) is 10.4. The van der Waals surface area contributed by atoms with Gasteiger partial charge < -0.3 is 10.4 Å². The summed E-state index contributed by atoms with van der Waals surface area (Å²) in [5.41, 5.74) is -0.174. The Hall–Kier alpha value is -0.570. The molecular weight excluding hydrogens is 190 g/mol. The number of hydrogen-bond donors (Lipinski definition) is 2. The minimum Gasteiger partial charge on any atom is -0.392 e. The van der Waals surface area contributed by atoms with Crippen molar-refractivity contribution in [3.05, 3.63) is 0 Å². The summed E-state index contributed by atoms with van der Waals surface area (Å²) in [4.78, 5) is 11.8. The molecule has 0 radical (unpaired) electrons. The summed E-state index contributed by atoms with van der Waals surface area (Å²) in [5, 5.41) is 12.6. The first-order valence-electron chi connectivity index (χ1n) is 5.75. The van der Waals surface area contributed by atoms with Crippen molar-refractivity contribution in [2.75, 3.05) is 0 Å². The lowest BCUT2D eigenvalue weighted by Gasteiger charge is -2.49. The van der Waals surface area contributed by atoms with Gasteiger partial charge in [-0.15, -0.1) is 0 Å². The van der Waals surface area contributed by atoms with Gasteiger partial charge in [-0.2, -0.15) is 0 Å². The number of carbonyl (C=O) groups is 1. The number of aliphatic hydroxyl groups excluding tert-OH is 1. The van der Waals surface area contributed by atoms with Gasteiger partial charge >= 0.3 is 0 Å². The van der Waals surface area contributed by atoms with Crippen molar-refractivity contribution in [2.24, 2.45) is 17.3 Å². The van der Waals surface area contributed by atoms with Gasteiger partial charge in [0.25, 0.3) is 0 Å². The fourth-order valence-corrected chi connectivity index (χ4v) is 1.75. The molecule has 0 saturated heterocycles. The van der Waals surface area contributed by atoms with Gasteiger partial charge in [0.15, 0.2) is 0 Å². The molecule has 3 unspecified atom stereocenters. The molecule has 2 N–H and O–H groups in total. The second-order valence-corrected chi connectivity index (χ2v) is 5.67. The van der Waals surface area contributed by atoms with Crippen molar-refractivity contribution < 1.29 is 9.90 Å². The van der Waals surface area contributed by atoms with E-state index in [2.05, 4.69) is 5.32 Å². The summed E-state index contributed by atoms with van der Waals surface area (Å²) >= 11 is 0. The fraction of sp³-hybridized carbons (Fsp3) is 0.917. The van der Waals surface area contributed by atoms with Gasteiger partial charge in [-0.3, -0.25) is 4.79 Å². The normalized spacial score (nSPS) is 30.9. The number of amides is 1. The molecule has 1 rings (SSSR count). The van der Waals surface area contributed by atoms with E-state index in [4.69, 9.17) is 0 Å². The Kier molecular flexibility index (Phi) is 3.44. The van der Waals surface area contributed by atoms with Gasteiger partial charge in [0.1, 0.15) is 0 Å². The lowest BCUT2D eigenvalue weighted by atomic mass is 9.64. The van der Waals surface area contributed by atoms with Crippen LogP contribution in [0.1, 0.15) is 41.0 Å². The monoisotopic (exact) mass is 213 g/mol. The summed E-state index contributed by atoms with van der Waals surface area (Å²) in [6, 6.07) is 0.126. The third-order valence-corrected chi connectivity index (χ3v) is 3.95. The van der Waals surface area contributed by atoms with Crippen LogP contribution in [0.5, 0.6) is 0 Å². The maximum absolute atomic E-state index is 11.8. The van der Waals surface area contributed by atoms with Crippen LogP contribution in [0.3, 0.4) is 0 Å². The Morgan fingerprint density at radius 3 is 2.27 bits per heavy atom. The topological polar surface area (TPSA) is 49.3 Å². The molecular formula is C12H23NO2. The first-order chi connectivity index (χ1) is 6.76. The summed E-state index contributed by atoms with van der Waals surface area (Å²) in [6.45, 7) is 10.0. The van der Waals surface area contributed by atoms with Crippen LogP contribution in [-0.4, -0.2) is 23.2 Å². The van der Waals surface area contributed by atoms with Crippen LogP contribution in [-0.2, 0) is 4.79 Å². The largest absolute Gasteiger partial charge is 0.392 e. The molecule has 1 saturated carbocycles. The van der Waals surface area contributed by atoms with E-state index in [1.807, 2.05) is 34.6 Å². The Bertz CT molecular complexity index is 248. The van der Waals surface area contributed by atoms with Gasteiger partial charge in [-0.25, -0.2) is 0 Å². The molecule has 15 heavy (non-hydrogen) atoms. The zero-order chi connectivity index (χ0) is 11.8. The summed E-state index contributed by atoms with van der Waals surface area (Å²) in [7, 11) is 0. The molecule has 0 heterocycles. The predicted octanol–water partition coefficient (Wildman–Crippen LogP) is 1.55. The average molecular weight is 213 g/mol. The molecule has 0 bridgehead atoms. The van der Waals surface area contributed by atoms with E-state index in [1.165, 1.54) is 0 Å². The van der Waals surface area contributed by atoms with Crippen LogP contribution in [0.25, 0.3) is 0 Å².